The average molecular weight is 460 g/mol. The summed E-state index contributed by atoms with van der Waals surface area (Å²) in [5.41, 5.74) is 4.71. The predicted molar refractivity (Wildman–Crippen MR) is 126 cm³/mol. The zero-order valence-corrected chi connectivity index (χ0v) is 18.8. The monoisotopic (exact) mass is 460 g/mol. The van der Waals surface area contributed by atoms with E-state index in [4.69, 9.17) is 14.6 Å². The lowest BCUT2D eigenvalue weighted by Gasteiger charge is -2.19. The maximum absolute atomic E-state index is 12.8. The Morgan fingerprint density at radius 1 is 0.971 bits per heavy atom. The number of amides is 2. The molecule has 0 saturated heterocycles. The average Bonchev–Trinajstić information content (AvgIpc) is 3.16. The number of anilines is 1. The summed E-state index contributed by atoms with van der Waals surface area (Å²) in [5.74, 6) is -1.43. The van der Waals surface area contributed by atoms with Crippen LogP contribution in [0.3, 0.4) is 0 Å². The highest BCUT2D eigenvalue weighted by Gasteiger charge is 2.29. The van der Waals surface area contributed by atoms with Crippen LogP contribution < -0.4 is 10.1 Å². The zero-order valence-electron chi connectivity index (χ0n) is 18.8. The van der Waals surface area contributed by atoms with E-state index < -0.39 is 24.5 Å². The van der Waals surface area contributed by atoms with Crippen LogP contribution in [0.25, 0.3) is 11.1 Å². The van der Waals surface area contributed by atoms with Crippen molar-refractivity contribution in [2.24, 2.45) is 0 Å². The molecular formula is C26H24N2O6. The van der Waals surface area contributed by atoms with Crippen molar-refractivity contribution >= 4 is 23.7 Å². The maximum atomic E-state index is 12.8. The van der Waals surface area contributed by atoms with Crippen LogP contribution in [-0.4, -0.2) is 55.3 Å². The van der Waals surface area contributed by atoms with Gasteiger partial charge in [0, 0.05) is 13.0 Å². The van der Waals surface area contributed by atoms with Crippen LogP contribution >= 0.6 is 0 Å². The molecule has 0 radical (unpaired) electrons. The summed E-state index contributed by atoms with van der Waals surface area (Å²) in [6, 6.07) is 20.6. The molecule has 1 aliphatic rings. The Hall–Kier alpha value is -4.33. The molecule has 0 saturated carbocycles. The highest BCUT2D eigenvalue weighted by atomic mass is 16.5. The first kappa shape index (κ1) is 22.8. The quantitative estimate of drug-likeness (QED) is 0.547. The third-order valence-electron chi connectivity index (χ3n) is 5.76. The number of carbonyl (C=O) groups is 3. The number of ether oxygens (including phenoxy) is 2. The standard InChI is InChI=1S/C26H24N2O6/c1-28(14-24(29)30)25(31)21-13-16(33-2)11-12-23(21)27-26(32)34-15-22-19-9-5-3-7-17(19)18-8-4-6-10-20(18)22/h3-13,22H,14-15H2,1-2H3,(H,27,32)(H,29,30). The molecule has 0 bridgehead atoms. The number of nitrogens with one attached hydrogen (secondary N) is 1. The van der Waals surface area contributed by atoms with Crippen molar-refractivity contribution in [2.75, 3.05) is 32.6 Å². The summed E-state index contributed by atoms with van der Waals surface area (Å²) in [6.45, 7) is -0.362. The molecule has 174 valence electrons. The molecule has 2 amide bonds. The molecule has 0 unspecified atom stereocenters. The molecule has 4 rings (SSSR count). The fourth-order valence-electron chi connectivity index (χ4n) is 4.16. The van der Waals surface area contributed by atoms with Crippen molar-refractivity contribution in [3.05, 3.63) is 83.4 Å². The number of fused-ring (bicyclic) bond motifs is 3. The van der Waals surface area contributed by atoms with E-state index in [1.807, 2.05) is 36.4 Å². The van der Waals surface area contributed by atoms with Gasteiger partial charge in [0.15, 0.2) is 0 Å². The summed E-state index contributed by atoms with van der Waals surface area (Å²) in [5, 5.41) is 11.6. The number of carbonyl (C=O) groups excluding carboxylic acids is 2. The van der Waals surface area contributed by atoms with Gasteiger partial charge in [-0.25, -0.2) is 4.79 Å². The van der Waals surface area contributed by atoms with Crippen LogP contribution in [0.1, 0.15) is 27.4 Å². The highest BCUT2D eigenvalue weighted by Crippen LogP contribution is 2.44. The van der Waals surface area contributed by atoms with E-state index in [0.29, 0.717) is 5.75 Å². The molecule has 0 heterocycles. The van der Waals surface area contributed by atoms with E-state index in [0.717, 1.165) is 27.2 Å². The molecule has 0 spiro atoms. The van der Waals surface area contributed by atoms with Crippen molar-refractivity contribution in [1.82, 2.24) is 4.90 Å². The van der Waals surface area contributed by atoms with E-state index >= 15 is 0 Å². The van der Waals surface area contributed by atoms with Gasteiger partial charge in [-0.2, -0.15) is 0 Å². The number of carboxylic acids is 1. The summed E-state index contributed by atoms with van der Waals surface area (Å²) < 4.78 is 10.7. The molecule has 0 atom stereocenters. The minimum atomic E-state index is -1.15. The Labute approximate surface area is 196 Å². The first-order valence-electron chi connectivity index (χ1n) is 10.7. The maximum Gasteiger partial charge on any atom is 0.411 e. The van der Waals surface area contributed by atoms with Gasteiger partial charge in [0.1, 0.15) is 18.9 Å². The number of carboxylic acid groups (broad SMARTS) is 1. The van der Waals surface area contributed by atoms with Crippen LogP contribution in [0.4, 0.5) is 10.5 Å². The van der Waals surface area contributed by atoms with E-state index in [2.05, 4.69) is 17.4 Å². The molecule has 0 aliphatic heterocycles. The van der Waals surface area contributed by atoms with Crippen molar-refractivity contribution in [1.29, 1.82) is 0 Å². The Balaban J connectivity index is 1.51. The number of hydrogen-bond acceptors (Lipinski definition) is 5. The zero-order chi connectivity index (χ0) is 24.2. The molecule has 1 aliphatic carbocycles. The van der Waals surface area contributed by atoms with Gasteiger partial charge in [-0.05, 0) is 40.5 Å². The Kier molecular flexibility index (Phi) is 6.49. The molecule has 3 aromatic rings. The van der Waals surface area contributed by atoms with Crippen LogP contribution in [-0.2, 0) is 9.53 Å². The fourth-order valence-corrected chi connectivity index (χ4v) is 4.16. The van der Waals surface area contributed by atoms with E-state index in [1.165, 1.54) is 26.3 Å². The predicted octanol–water partition coefficient (Wildman–Crippen LogP) is 4.21. The van der Waals surface area contributed by atoms with Crippen LogP contribution in [0.5, 0.6) is 5.75 Å². The van der Waals surface area contributed by atoms with Crippen molar-refractivity contribution in [3.8, 4) is 16.9 Å². The Morgan fingerprint density at radius 2 is 1.59 bits per heavy atom. The minimum Gasteiger partial charge on any atom is -0.497 e. The van der Waals surface area contributed by atoms with Crippen molar-refractivity contribution < 1.29 is 29.0 Å². The normalized spacial score (nSPS) is 11.8. The van der Waals surface area contributed by atoms with Crippen LogP contribution in [0.2, 0.25) is 0 Å². The number of likely N-dealkylation sites (N-methyl/N-ethyl adjacent to an activating group) is 1. The topological polar surface area (TPSA) is 105 Å². The van der Waals surface area contributed by atoms with Gasteiger partial charge in [-0.3, -0.25) is 14.9 Å². The smallest absolute Gasteiger partial charge is 0.411 e. The largest absolute Gasteiger partial charge is 0.497 e. The Bertz CT molecular complexity index is 1210. The summed E-state index contributed by atoms with van der Waals surface area (Å²) in [7, 11) is 2.82. The number of methoxy groups -OCH3 is 1. The van der Waals surface area contributed by atoms with Crippen LogP contribution in [0, 0.1) is 0 Å². The molecular weight excluding hydrogens is 436 g/mol. The fraction of sp³-hybridized carbons (Fsp3) is 0.192. The second-order valence-corrected chi connectivity index (χ2v) is 7.92. The van der Waals surface area contributed by atoms with Gasteiger partial charge >= 0.3 is 12.1 Å². The first-order valence-corrected chi connectivity index (χ1v) is 10.7. The third-order valence-corrected chi connectivity index (χ3v) is 5.76. The lowest BCUT2D eigenvalue weighted by molar-refractivity contribution is -0.137. The number of benzene rings is 3. The van der Waals surface area contributed by atoms with Gasteiger partial charge in [0.2, 0.25) is 0 Å². The second-order valence-electron chi connectivity index (χ2n) is 7.92. The summed E-state index contributed by atoms with van der Waals surface area (Å²) in [4.78, 5) is 37.5. The van der Waals surface area contributed by atoms with E-state index in [9.17, 15) is 14.4 Å². The summed E-state index contributed by atoms with van der Waals surface area (Å²) >= 11 is 0. The summed E-state index contributed by atoms with van der Waals surface area (Å²) in [6.07, 6.45) is -0.720. The molecule has 0 fully saturated rings. The molecule has 3 aromatic carbocycles. The van der Waals surface area contributed by atoms with Crippen LogP contribution in [0.15, 0.2) is 66.7 Å². The number of aliphatic carboxylic acids is 1. The lowest BCUT2D eigenvalue weighted by Crippen LogP contribution is -2.32. The number of nitrogens with zero attached hydrogens (tertiary/aromatic N) is 1. The van der Waals surface area contributed by atoms with Gasteiger partial charge in [0.05, 0.1) is 18.4 Å². The molecule has 8 nitrogen and oxygen atoms in total. The first-order chi connectivity index (χ1) is 16.4. The molecule has 8 heteroatoms. The van der Waals surface area contributed by atoms with Gasteiger partial charge < -0.3 is 19.5 Å². The number of rotatable bonds is 7. The van der Waals surface area contributed by atoms with Gasteiger partial charge in [-0.1, -0.05) is 48.5 Å². The van der Waals surface area contributed by atoms with E-state index in [1.54, 1.807) is 6.07 Å². The third kappa shape index (κ3) is 4.56. The van der Waals surface area contributed by atoms with Gasteiger partial charge in [0.25, 0.3) is 5.91 Å². The van der Waals surface area contributed by atoms with E-state index in [-0.39, 0.29) is 23.8 Å². The Morgan fingerprint density at radius 3 is 2.18 bits per heavy atom. The van der Waals surface area contributed by atoms with Crippen molar-refractivity contribution in [2.45, 2.75) is 5.92 Å². The molecule has 2 N–H and O–H groups in total. The highest BCUT2D eigenvalue weighted by molar-refractivity contribution is 6.03. The number of hydrogen-bond donors (Lipinski definition) is 2. The lowest BCUT2D eigenvalue weighted by atomic mass is 9.98. The molecule has 34 heavy (non-hydrogen) atoms. The SMILES string of the molecule is COc1ccc(NC(=O)OCC2c3ccccc3-c3ccccc32)c(C(=O)N(C)CC(=O)O)c1. The van der Waals surface area contributed by atoms with Gasteiger partial charge in [-0.15, -0.1) is 0 Å². The van der Waals surface area contributed by atoms with Crippen molar-refractivity contribution in [3.63, 3.8) is 0 Å². The minimum absolute atomic E-state index is 0.0941. The molecule has 0 aromatic heterocycles. The second kappa shape index (κ2) is 9.66.